The molecule has 0 amide bonds. The van der Waals surface area contributed by atoms with Crippen molar-refractivity contribution < 1.29 is 0 Å². The Morgan fingerprint density at radius 2 is 1.93 bits per heavy atom. The van der Waals surface area contributed by atoms with Gasteiger partial charge in [0.25, 0.3) is 0 Å². The summed E-state index contributed by atoms with van der Waals surface area (Å²) in [5.74, 6) is 0. The highest BCUT2D eigenvalue weighted by molar-refractivity contribution is 5.40. The molecule has 2 aromatic rings. The van der Waals surface area contributed by atoms with Gasteiger partial charge < -0.3 is 4.90 Å². The van der Waals surface area contributed by atoms with Crippen LogP contribution in [0.2, 0.25) is 0 Å². The Hall–Kier alpha value is -1.77. The van der Waals surface area contributed by atoms with Crippen LogP contribution in [-0.4, -0.2) is 23.9 Å². The van der Waals surface area contributed by atoms with E-state index in [-0.39, 0.29) is 0 Å². The molecule has 0 radical (unpaired) electrons. The van der Waals surface area contributed by atoms with Gasteiger partial charge in [0, 0.05) is 20.3 Å². The Kier molecular flexibility index (Phi) is 2.72. The molecule has 15 heavy (non-hydrogen) atoms. The van der Waals surface area contributed by atoms with Gasteiger partial charge in [-0.1, -0.05) is 30.3 Å². The molecular weight excluding hydrogens is 186 g/mol. The highest BCUT2D eigenvalue weighted by Crippen LogP contribution is 2.10. The Morgan fingerprint density at radius 1 is 1.20 bits per heavy atom. The number of benzene rings is 1. The van der Waals surface area contributed by atoms with Gasteiger partial charge in [0.05, 0.1) is 18.4 Å². The number of hydrogen-bond acceptors (Lipinski definition) is 2. The first-order chi connectivity index (χ1) is 7.25. The zero-order valence-electron chi connectivity index (χ0n) is 9.09. The zero-order valence-corrected chi connectivity index (χ0v) is 9.09. The molecular formula is C12H15N3. The van der Waals surface area contributed by atoms with Gasteiger partial charge in [-0.3, -0.25) is 4.68 Å². The fraction of sp³-hybridized carbons (Fsp3) is 0.250. The minimum absolute atomic E-state index is 0.828. The van der Waals surface area contributed by atoms with Crippen molar-refractivity contribution in [3.63, 3.8) is 0 Å². The van der Waals surface area contributed by atoms with E-state index in [9.17, 15) is 0 Å². The normalized spacial score (nSPS) is 10.3. The molecule has 0 atom stereocenters. The molecule has 2 rings (SSSR count). The van der Waals surface area contributed by atoms with Crippen molar-refractivity contribution in [2.24, 2.45) is 0 Å². The van der Waals surface area contributed by atoms with E-state index in [4.69, 9.17) is 0 Å². The molecule has 1 aromatic carbocycles. The predicted octanol–water partition coefficient (Wildman–Crippen LogP) is 2.00. The molecule has 0 saturated heterocycles. The van der Waals surface area contributed by atoms with Gasteiger partial charge in [-0.2, -0.15) is 5.10 Å². The van der Waals surface area contributed by atoms with Crippen LogP contribution in [0.3, 0.4) is 0 Å². The molecule has 0 bridgehead atoms. The van der Waals surface area contributed by atoms with Crippen LogP contribution in [0.5, 0.6) is 0 Å². The highest BCUT2D eigenvalue weighted by atomic mass is 15.3. The van der Waals surface area contributed by atoms with Crippen molar-refractivity contribution in [3.05, 3.63) is 48.3 Å². The van der Waals surface area contributed by atoms with Crippen molar-refractivity contribution in [2.75, 3.05) is 19.0 Å². The molecule has 3 nitrogen and oxygen atoms in total. The third-order valence-electron chi connectivity index (χ3n) is 2.32. The van der Waals surface area contributed by atoms with Crippen molar-refractivity contribution >= 4 is 5.69 Å². The molecule has 1 aromatic heterocycles. The fourth-order valence-electron chi connectivity index (χ4n) is 1.44. The molecule has 1 heterocycles. The number of anilines is 1. The first kappa shape index (κ1) is 9.77. The lowest BCUT2D eigenvalue weighted by Gasteiger charge is -2.07. The minimum Gasteiger partial charge on any atom is -0.375 e. The highest BCUT2D eigenvalue weighted by Gasteiger charge is 2.00. The lowest BCUT2D eigenvalue weighted by molar-refractivity contribution is 0.687. The zero-order chi connectivity index (χ0) is 10.7. The molecule has 0 N–H and O–H groups in total. The summed E-state index contributed by atoms with van der Waals surface area (Å²) in [4.78, 5) is 2.05. The molecule has 0 aliphatic carbocycles. The van der Waals surface area contributed by atoms with Crippen molar-refractivity contribution in [3.8, 4) is 0 Å². The van der Waals surface area contributed by atoms with E-state index in [1.54, 1.807) is 0 Å². The van der Waals surface area contributed by atoms with Crippen LogP contribution in [-0.2, 0) is 6.54 Å². The first-order valence-electron chi connectivity index (χ1n) is 4.99. The summed E-state index contributed by atoms with van der Waals surface area (Å²) in [5.41, 5.74) is 2.40. The van der Waals surface area contributed by atoms with E-state index in [1.807, 2.05) is 49.4 Å². The standard InChI is InChI=1S/C12H15N3/c1-14(2)12-8-13-15(10-12)9-11-6-4-3-5-7-11/h3-8,10H,9H2,1-2H3. The molecule has 0 aliphatic heterocycles. The second kappa shape index (κ2) is 4.17. The van der Waals surface area contributed by atoms with Crippen LogP contribution >= 0.6 is 0 Å². The minimum atomic E-state index is 0.828. The summed E-state index contributed by atoms with van der Waals surface area (Å²) in [6, 6.07) is 10.3. The van der Waals surface area contributed by atoms with E-state index >= 15 is 0 Å². The number of aromatic nitrogens is 2. The van der Waals surface area contributed by atoms with E-state index in [0.717, 1.165) is 12.2 Å². The van der Waals surface area contributed by atoms with Gasteiger partial charge in [0.15, 0.2) is 0 Å². The second-order valence-corrected chi connectivity index (χ2v) is 3.78. The Morgan fingerprint density at radius 3 is 2.53 bits per heavy atom. The topological polar surface area (TPSA) is 21.1 Å². The van der Waals surface area contributed by atoms with Crippen molar-refractivity contribution in [1.82, 2.24) is 9.78 Å². The van der Waals surface area contributed by atoms with Crippen LogP contribution in [0.25, 0.3) is 0 Å². The SMILES string of the molecule is CN(C)c1cnn(Cc2ccccc2)c1. The van der Waals surface area contributed by atoms with Crippen LogP contribution in [0.1, 0.15) is 5.56 Å². The number of nitrogens with zero attached hydrogens (tertiary/aromatic N) is 3. The second-order valence-electron chi connectivity index (χ2n) is 3.78. The number of hydrogen-bond donors (Lipinski definition) is 0. The van der Waals surface area contributed by atoms with Crippen LogP contribution in [0.15, 0.2) is 42.7 Å². The molecule has 0 unspecified atom stereocenters. The Balaban J connectivity index is 2.12. The lowest BCUT2D eigenvalue weighted by atomic mass is 10.2. The monoisotopic (exact) mass is 201 g/mol. The summed E-state index contributed by atoms with van der Waals surface area (Å²) in [5, 5.41) is 4.31. The van der Waals surface area contributed by atoms with Gasteiger partial charge in [-0.15, -0.1) is 0 Å². The molecule has 0 aliphatic rings. The van der Waals surface area contributed by atoms with Crippen LogP contribution in [0.4, 0.5) is 5.69 Å². The summed E-state index contributed by atoms with van der Waals surface area (Å²) in [7, 11) is 4.04. The quantitative estimate of drug-likeness (QED) is 0.757. The van der Waals surface area contributed by atoms with E-state index in [0.29, 0.717) is 0 Å². The Labute approximate surface area is 90.0 Å². The third-order valence-corrected chi connectivity index (χ3v) is 2.32. The van der Waals surface area contributed by atoms with E-state index < -0.39 is 0 Å². The average molecular weight is 201 g/mol. The lowest BCUT2D eigenvalue weighted by Crippen LogP contribution is -2.07. The molecule has 3 heteroatoms. The predicted molar refractivity (Wildman–Crippen MR) is 62.1 cm³/mol. The van der Waals surface area contributed by atoms with E-state index in [2.05, 4.69) is 22.1 Å². The summed E-state index contributed by atoms with van der Waals surface area (Å²) < 4.78 is 1.95. The fourth-order valence-corrected chi connectivity index (χ4v) is 1.44. The van der Waals surface area contributed by atoms with Gasteiger partial charge in [-0.05, 0) is 5.56 Å². The summed E-state index contributed by atoms with van der Waals surface area (Å²) >= 11 is 0. The van der Waals surface area contributed by atoms with Gasteiger partial charge in [-0.25, -0.2) is 0 Å². The molecule has 0 fully saturated rings. The van der Waals surface area contributed by atoms with Crippen molar-refractivity contribution in [1.29, 1.82) is 0 Å². The first-order valence-corrected chi connectivity index (χ1v) is 4.99. The maximum atomic E-state index is 4.31. The summed E-state index contributed by atoms with van der Waals surface area (Å²) in [6.45, 7) is 0.828. The maximum Gasteiger partial charge on any atom is 0.0747 e. The molecule has 0 spiro atoms. The average Bonchev–Trinajstić information content (AvgIpc) is 2.68. The Bertz CT molecular complexity index is 417. The van der Waals surface area contributed by atoms with Gasteiger partial charge in [0.1, 0.15) is 0 Å². The molecule has 78 valence electrons. The van der Waals surface area contributed by atoms with Gasteiger partial charge >= 0.3 is 0 Å². The maximum absolute atomic E-state index is 4.31. The van der Waals surface area contributed by atoms with Gasteiger partial charge in [0.2, 0.25) is 0 Å². The van der Waals surface area contributed by atoms with Crippen LogP contribution < -0.4 is 4.90 Å². The van der Waals surface area contributed by atoms with Crippen LogP contribution in [0, 0.1) is 0 Å². The number of rotatable bonds is 3. The summed E-state index contributed by atoms with van der Waals surface area (Å²) in [6.07, 6.45) is 3.93. The van der Waals surface area contributed by atoms with E-state index in [1.165, 1.54) is 5.56 Å². The van der Waals surface area contributed by atoms with Crippen molar-refractivity contribution in [2.45, 2.75) is 6.54 Å². The molecule has 0 saturated carbocycles. The smallest absolute Gasteiger partial charge is 0.0747 e. The largest absolute Gasteiger partial charge is 0.375 e. The third kappa shape index (κ3) is 2.37.